The maximum absolute atomic E-state index is 12.0. The molecule has 0 aliphatic carbocycles. The second-order valence-electron chi connectivity index (χ2n) is 5.37. The maximum Gasteiger partial charge on any atom is 0.223 e. The van der Waals surface area contributed by atoms with E-state index in [1.807, 2.05) is 6.92 Å². The Bertz CT molecular complexity index is 457. The van der Waals surface area contributed by atoms with Crippen LogP contribution < -0.4 is 0 Å². The van der Waals surface area contributed by atoms with E-state index < -0.39 is 0 Å². The third kappa shape index (κ3) is 5.05. The molecule has 0 saturated carbocycles. The Morgan fingerprint density at radius 3 is 2.45 bits per heavy atom. The molecular formula is C17H24N2O. The summed E-state index contributed by atoms with van der Waals surface area (Å²) in [6.07, 6.45) is 2.10. The van der Waals surface area contributed by atoms with E-state index in [1.54, 1.807) is 4.90 Å². The number of carbonyl (C=O) groups is 1. The number of carbonyl (C=O) groups excluding carboxylic acids is 1. The van der Waals surface area contributed by atoms with Gasteiger partial charge in [0, 0.05) is 13.0 Å². The average Bonchev–Trinajstić information content (AvgIpc) is 2.45. The van der Waals surface area contributed by atoms with E-state index in [4.69, 9.17) is 5.26 Å². The lowest BCUT2D eigenvalue weighted by atomic mass is 10.0. The van der Waals surface area contributed by atoms with Crippen LogP contribution in [0.4, 0.5) is 0 Å². The number of hydrogen-bond donors (Lipinski definition) is 0. The molecule has 3 heteroatoms. The number of benzene rings is 1. The van der Waals surface area contributed by atoms with Gasteiger partial charge < -0.3 is 4.90 Å². The average molecular weight is 272 g/mol. The zero-order valence-corrected chi connectivity index (χ0v) is 12.7. The molecule has 108 valence electrons. The highest BCUT2D eigenvalue weighted by atomic mass is 16.2. The highest BCUT2D eigenvalue weighted by molar-refractivity contribution is 5.76. The van der Waals surface area contributed by atoms with Gasteiger partial charge in [0.1, 0.15) is 6.54 Å². The summed E-state index contributed by atoms with van der Waals surface area (Å²) in [4.78, 5) is 13.7. The standard InChI is InChI=1S/C17H24N2O/c1-4-12-19(13-11-18)17(20)10-7-15-5-8-16(9-6-15)14(2)3/h5-6,8-9,14H,4,7,10,12-13H2,1-3H3. The molecule has 1 rings (SSSR count). The van der Waals surface area contributed by atoms with Gasteiger partial charge in [-0.3, -0.25) is 4.79 Å². The van der Waals surface area contributed by atoms with Gasteiger partial charge in [0.25, 0.3) is 0 Å². The predicted octanol–water partition coefficient (Wildman–Crippen LogP) is 3.50. The van der Waals surface area contributed by atoms with Crippen LogP contribution in [0.1, 0.15) is 50.7 Å². The molecule has 0 N–H and O–H groups in total. The Labute approximate surface area is 122 Å². The highest BCUT2D eigenvalue weighted by Gasteiger charge is 2.12. The summed E-state index contributed by atoms with van der Waals surface area (Å²) in [5.74, 6) is 0.600. The van der Waals surface area contributed by atoms with Crippen molar-refractivity contribution >= 4 is 5.91 Å². The van der Waals surface area contributed by atoms with Crippen molar-refractivity contribution in [2.75, 3.05) is 13.1 Å². The third-order valence-corrected chi connectivity index (χ3v) is 3.38. The molecule has 0 aliphatic heterocycles. The molecule has 0 unspecified atom stereocenters. The summed E-state index contributed by atoms with van der Waals surface area (Å²) >= 11 is 0. The van der Waals surface area contributed by atoms with Crippen LogP contribution in [0.25, 0.3) is 0 Å². The van der Waals surface area contributed by atoms with E-state index in [0.717, 1.165) is 12.8 Å². The van der Waals surface area contributed by atoms with Crippen molar-refractivity contribution in [1.82, 2.24) is 4.90 Å². The van der Waals surface area contributed by atoms with Crippen LogP contribution in [0.2, 0.25) is 0 Å². The number of nitriles is 1. The Hall–Kier alpha value is -1.82. The summed E-state index contributed by atoms with van der Waals surface area (Å²) in [5, 5.41) is 8.74. The Kier molecular flexibility index (Phi) is 6.79. The first-order valence-electron chi connectivity index (χ1n) is 7.32. The summed E-state index contributed by atoms with van der Waals surface area (Å²) in [6, 6.07) is 10.5. The fraction of sp³-hybridized carbons (Fsp3) is 0.529. The van der Waals surface area contributed by atoms with Crippen molar-refractivity contribution in [1.29, 1.82) is 5.26 Å². The zero-order chi connectivity index (χ0) is 15.0. The molecule has 0 spiro atoms. The number of amides is 1. The predicted molar refractivity (Wildman–Crippen MR) is 81.3 cm³/mol. The van der Waals surface area contributed by atoms with E-state index >= 15 is 0 Å². The number of hydrogen-bond acceptors (Lipinski definition) is 2. The van der Waals surface area contributed by atoms with Crippen molar-refractivity contribution in [2.24, 2.45) is 0 Å². The van der Waals surface area contributed by atoms with Crippen LogP contribution in [0.3, 0.4) is 0 Å². The van der Waals surface area contributed by atoms with Crippen molar-refractivity contribution in [2.45, 2.75) is 46.0 Å². The largest absolute Gasteiger partial charge is 0.329 e. The van der Waals surface area contributed by atoms with E-state index in [-0.39, 0.29) is 12.5 Å². The first-order valence-corrected chi connectivity index (χ1v) is 7.32. The third-order valence-electron chi connectivity index (χ3n) is 3.38. The van der Waals surface area contributed by atoms with Crippen molar-refractivity contribution in [3.8, 4) is 6.07 Å². The molecule has 0 radical (unpaired) electrons. The number of aryl methyl sites for hydroxylation is 1. The smallest absolute Gasteiger partial charge is 0.223 e. The normalized spacial score (nSPS) is 10.3. The fourth-order valence-electron chi connectivity index (χ4n) is 2.13. The fourth-order valence-corrected chi connectivity index (χ4v) is 2.13. The second-order valence-corrected chi connectivity index (χ2v) is 5.37. The van der Waals surface area contributed by atoms with Gasteiger partial charge in [-0.15, -0.1) is 0 Å². The van der Waals surface area contributed by atoms with E-state index in [9.17, 15) is 4.79 Å². The first kappa shape index (κ1) is 16.2. The van der Waals surface area contributed by atoms with Crippen LogP contribution in [0.5, 0.6) is 0 Å². The molecule has 0 saturated heterocycles. The minimum Gasteiger partial charge on any atom is -0.329 e. The van der Waals surface area contributed by atoms with Gasteiger partial charge in [0.15, 0.2) is 0 Å². The second kappa shape index (κ2) is 8.37. The molecule has 0 fully saturated rings. The summed E-state index contributed by atoms with van der Waals surface area (Å²) in [6.45, 7) is 7.21. The SMILES string of the molecule is CCCN(CC#N)C(=O)CCc1ccc(C(C)C)cc1. The van der Waals surface area contributed by atoms with Crippen LogP contribution in [-0.2, 0) is 11.2 Å². The molecule has 20 heavy (non-hydrogen) atoms. The summed E-state index contributed by atoms with van der Waals surface area (Å²) in [7, 11) is 0. The van der Waals surface area contributed by atoms with Crippen molar-refractivity contribution < 1.29 is 4.79 Å². The van der Waals surface area contributed by atoms with E-state index in [1.165, 1.54) is 11.1 Å². The molecule has 0 bridgehead atoms. The Morgan fingerprint density at radius 1 is 1.30 bits per heavy atom. The van der Waals surface area contributed by atoms with Gasteiger partial charge in [-0.25, -0.2) is 0 Å². The Morgan fingerprint density at radius 2 is 1.95 bits per heavy atom. The molecule has 1 aromatic rings. The summed E-state index contributed by atoms with van der Waals surface area (Å²) < 4.78 is 0. The molecule has 1 aromatic carbocycles. The molecule has 0 aromatic heterocycles. The minimum absolute atomic E-state index is 0.0707. The maximum atomic E-state index is 12.0. The van der Waals surface area contributed by atoms with E-state index in [0.29, 0.717) is 18.9 Å². The van der Waals surface area contributed by atoms with Gasteiger partial charge >= 0.3 is 0 Å². The lowest BCUT2D eigenvalue weighted by Crippen LogP contribution is -2.32. The van der Waals surface area contributed by atoms with Crippen molar-refractivity contribution in [3.05, 3.63) is 35.4 Å². The first-order chi connectivity index (χ1) is 9.58. The molecule has 1 amide bonds. The van der Waals surface area contributed by atoms with Crippen LogP contribution in [0.15, 0.2) is 24.3 Å². The Balaban J connectivity index is 2.53. The topological polar surface area (TPSA) is 44.1 Å². The van der Waals surface area contributed by atoms with Crippen LogP contribution in [0, 0.1) is 11.3 Å². The van der Waals surface area contributed by atoms with Gasteiger partial charge in [-0.1, -0.05) is 45.0 Å². The van der Waals surface area contributed by atoms with Gasteiger partial charge in [-0.2, -0.15) is 5.26 Å². The van der Waals surface area contributed by atoms with Crippen molar-refractivity contribution in [3.63, 3.8) is 0 Å². The lowest BCUT2D eigenvalue weighted by Gasteiger charge is -2.18. The molecular weight excluding hydrogens is 248 g/mol. The van der Waals surface area contributed by atoms with Crippen LogP contribution >= 0.6 is 0 Å². The quantitative estimate of drug-likeness (QED) is 0.713. The van der Waals surface area contributed by atoms with E-state index in [2.05, 4.69) is 44.2 Å². The van der Waals surface area contributed by atoms with Gasteiger partial charge in [-0.05, 0) is 29.9 Å². The minimum atomic E-state index is 0.0707. The van der Waals surface area contributed by atoms with Gasteiger partial charge in [0.05, 0.1) is 6.07 Å². The molecule has 0 heterocycles. The number of nitrogens with zero attached hydrogens (tertiary/aromatic N) is 2. The monoisotopic (exact) mass is 272 g/mol. The number of rotatable bonds is 7. The highest BCUT2D eigenvalue weighted by Crippen LogP contribution is 2.15. The zero-order valence-electron chi connectivity index (χ0n) is 12.7. The molecule has 0 aliphatic rings. The molecule has 0 atom stereocenters. The summed E-state index contributed by atoms with van der Waals surface area (Å²) in [5.41, 5.74) is 2.49. The molecule has 3 nitrogen and oxygen atoms in total. The van der Waals surface area contributed by atoms with Gasteiger partial charge in [0.2, 0.25) is 5.91 Å². The van der Waals surface area contributed by atoms with Crippen LogP contribution in [-0.4, -0.2) is 23.9 Å². The lowest BCUT2D eigenvalue weighted by molar-refractivity contribution is -0.130.